The van der Waals surface area contributed by atoms with E-state index < -0.39 is 6.10 Å². The summed E-state index contributed by atoms with van der Waals surface area (Å²) in [7, 11) is 0. The third kappa shape index (κ3) is 4.17. The largest absolute Gasteiger partial charge is 0.490 e. The summed E-state index contributed by atoms with van der Waals surface area (Å²) in [5.41, 5.74) is 1.07. The molecule has 0 spiro atoms. The molecule has 0 fully saturated rings. The minimum absolute atomic E-state index is 0.279. The fourth-order valence-electron chi connectivity index (χ4n) is 1.78. The van der Waals surface area contributed by atoms with Crippen LogP contribution in [0, 0.1) is 13.8 Å². The molecule has 0 bridgehead atoms. The minimum Gasteiger partial charge on any atom is -0.490 e. The van der Waals surface area contributed by atoms with E-state index >= 15 is 0 Å². The lowest BCUT2D eigenvalue weighted by Crippen LogP contribution is -2.30. The first-order valence-electron chi connectivity index (χ1n) is 7.00. The predicted molar refractivity (Wildman–Crippen MR) is 85.7 cm³/mol. The molecule has 118 valence electrons. The number of carbonyl (C=O) groups is 1. The quantitative estimate of drug-likeness (QED) is 0.885. The number of hydrogen-bond donors (Lipinski definition) is 1. The summed E-state index contributed by atoms with van der Waals surface area (Å²) in [6, 6.07) is 5.60. The summed E-state index contributed by atoms with van der Waals surface area (Å²) in [5.74, 6) is 0.900. The number of benzene rings is 1. The molecule has 1 atom stereocenters. The molecular formula is C15H19N3O3S. The first-order valence-corrected chi connectivity index (χ1v) is 7.82. The van der Waals surface area contributed by atoms with Crippen LogP contribution < -0.4 is 14.8 Å². The average molecular weight is 321 g/mol. The van der Waals surface area contributed by atoms with E-state index in [1.54, 1.807) is 13.0 Å². The lowest BCUT2D eigenvalue weighted by atomic mass is 10.2. The van der Waals surface area contributed by atoms with Crippen molar-refractivity contribution in [2.24, 2.45) is 0 Å². The smallest absolute Gasteiger partial charge is 0.266 e. The molecule has 1 amide bonds. The van der Waals surface area contributed by atoms with Crippen LogP contribution in [-0.4, -0.2) is 28.8 Å². The minimum atomic E-state index is -0.675. The SMILES string of the molecule is CCOc1cc(C)ccc1O[C@H](C)C(=O)Nc1nnc(C)s1. The third-order valence-electron chi connectivity index (χ3n) is 2.83. The second kappa shape index (κ2) is 7.22. The Morgan fingerprint density at radius 3 is 2.73 bits per heavy atom. The summed E-state index contributed by atoms with van der Waals surface area (Å²) >= 11 is 1.32. The van der Waals surface area contributed by atoms with Crippen molar-refractivity contribution >= 4 is 22.4 Å². The number of rotatable bonds is 6. The van der Waals surface area contributed by atoms with E-state index in [4.69, 9.17) is 9.47 Å². The molecule has 0 saturated heterocycles. The number of aryl methyl sites for hydroxylation is 2. The zero-order valence-electron chi connectivity index (χ0n) is 13.0. The molecule has 2 aromatic rings. The van der Waals surface area contributed by atoms with Gasteiger partial charge in [0.15, 0.2) is 17.6 Å². The summed E-state index contributed by atoms with van der Waals surface area (Å²) in [4.78, 5) is 12.1. The summed E-state index contributed by atoms with van der Waals surface area (Å²) < 4.78 is 11.3. The highest BCUT2D eigenvalue weighted by atomic mass is 32.1. The second-order valence-corrected chi connectivity index (χ2v) is 5.94. The standard InChI is InChI=1S/C15H19N3O3S/c1-5-20-13-8-9(2)6-7-12(13)21-10(3)14(19)16-15-18-17-11(4)22-15/h6-8,10H,5H2,1-4H3,(H,16,18,19)/t10-/m1/s1. The Hall–Kier alpha value is -2.15. The zero-order chi connectivity index (χ0) is 16.1. The number of nitrogens with one attached hydrogen (secondary N) is 1. The van der Waals surface area contributed by atoms with E-state index in [9.17, 15) is 4.79 Å². The molecule has 7 heteroatoms. The summed E-state index contributed by atoms with van der Waals surface area (Å²) in [5, 5.41) is 11.7. The maximum atomic E-state index is 12.1. The van der Waals surface area contributed by atoms with Gasteiger partial charge in [-0.05, 0) is 45.4 Å². The highest BCUT2D eigenvalue weighted by Gasteiger charge is 2.18. The molecular weight excluding hydrogens is 302 g/mol. The normalized spacial score (nSPS) is 11.8. The van der Waals surface area contributed by atoms with Gasteiger partial charge in [-0.25, -0.2) is 0 Å². The molecule has 6 nitrogen and oxygen atoms in total. The van der Waals surface area contributed by atoms with E-state index in [0.29, 0.717) is 23.2 Å². The average Bonchev–Trinajstić information content (AvgIpc) is 2.87. The van der Waals surface area contributed by atoms with Gasteiger partial charge >= 0.3 is 0 Å². The number of ether oxygens (including phenoxy) is 2. The van der Waals surface area contributed by atoms with Gasteiger partial charge in [0.25, 0.3) is 5.91 Å². The molecule has 2 rings (SSSR count). The lowest BCUT2D eigenvalue weighted by Gasteiger charge is -2.17. The summed E-state index contributed by atoms with van der Waals surface area (Å²) in [6.07, 6.45) is -0.675. The van der Waals surface area contributed by atoms with Crippen LogP contribution in [0.3, 0.4) is 0 Å². The zero-order valence-corrected chi connectivity index (χ0v) is 13.9. The Morgan fingerprint density at radius 2 is 2.09 bits per heavy atom. The fourth-order valence-corrected chi connectivity index (χ4v) is 2.37. The van der Waals surface area contributed by atoms with Crippen molar-refractivity contribution in [3.05, 3.63) is 28.8 Å². The van der Waals surface area contributed by atoms with Crippen molar-refractivity contribution < 1.29 is 14.3 Å². The second-order valence-electron chi connectivity index (χ2n) is 4.76. The Balaban J connectivity index is 2.04. The molecule has 0 aliphatic heterocycles. The molecule has 0 aliphatic rings. The maximum absolute atomic E-state index is 12.1. The van der Waals surface area contributed by atoms with E-state index in [1.165, 1.54) is 11.3 Å². The number of anilines is 1. The Bertz CT molecular complexity index is 657. The van der Waals surface area contributed by atoms with Crippen LogP contribution in [0.4, 0.5) is 5.13 Å². The number of nitrogens with zero attached hydrogens (tertiary/aromatic N) is 2. The maximum Gasteiger partial charge on any atom is 0.266 e. The van der Waals surface area contributed by atoms with Crippen LogP contribution in [0.1, 0.15) is 24.4 Å². The number of aromatic nitrogens is 2. The van der Waals surface area contributed by atoms with Gasteiger partial charge in [0, 0.05) is 0 Å². The Morgan fingerprint density at radius 1 is 1.32 bits per heavy atom. The van der Waals surface area contributed by atoms with Crippen molar-refractivity contribution in [2.45, 2.75) is 33.8 Å². The number of carbonyl (C=O) groups excluding carboxylic acids is 1. The molecule has 0 aliphatic carbocycles. The molecule has 0 saturated carbocycles. The van der Waals surface area contributed by atoms with Crippen LogP contribution in [0.5, 0.6) is 11.5 Å². The van der Waals surface area contributed by atoms with Crippen molar-refractivity contribution in [3.8, 4) is 11.5 Å². The van der Waals surface area contributed by atoms with E-state index in [0.717, 1.165) is 10.6 Å². The van der Waals surface area contributed by atoms with E-state index in [1.807, 2.05) is 32.9 Å². The molecule has 22 heavy (non-hydrogen) atoms. The van der Waals surface area contributed by atoms with Gasteiger partial charge < -0.3 is 9.47 Å². The van der Waals surface area contributed by atoms with Crippen molar-refractivity contribution in [3.63, 3.8) is 0 Å². The molecule has 1 heterocycles. The van der Waals surface area contributed by atoms with Crippen LogP contribution in [0.25, 0.3) is 0 Å². The lowest BCUT2D eigenvalue weighted by molar-refractivity contribution is -0.122. The first kappa shape index (κ1) is 16.2. The van der Waals surface area contributed by atoms with Crippen molar-refractivity contribution in [1.29, 1.82) is 0 Å². The molecule has 0 radical (unpaired) electrons. The van der Waals surface area contributed by atoms with Gasteiger partial charge in [0.05, 0.1) is 6.61 Å². The topological polar surface area (TPSA) is 73.3 Å². The van der Waals surface area contributed by atoms with Gasteiger partial charge in [-0.1, -0.05) is 17.4 Å². The van der Waals surface area contributed by atoms with Crippen molar-refractivity contribution in [1.82, 2.24) is 10.2 Å². The van der Waals surface area contributed by atoms with Gasteiger partial charge in [0.2, 0.25) is 5.13 Å². The summed E-state index contributed by atoms with van der Waals surface area (Å²) in [6.45, 7) is 7.91. The van der Waals surface area contributed by atoms with E-state index in [2.05, 4.69) is 15.5 Å². The Labute approximate surface area is 133 Å². The van der Waals surface area contributed by atoms with E-state index in [-0.39, 0.29) is 5.91 Å². The monoisotopic (exact) mass is 321 g/mol. The van der Waals surface area contributed by atoms with Crippen molar-refractivity contribution in [2.75, 3.05) is 11.9 Å². The highest BCUT2D eigenvalue weighted by Crippen LogP contribution is 2.29. The van der Waals surface area contributed by atoms with Crippen LogP contribution in [-0.2, 0) is 4.79 Å². The van der Waals surface area contributed by atoms with Crippen LogP contribution in [0.15, 0.2) is 18.2 Å². The Kier molecular flexibility index (Phi) is 5.32. The van der Waals surface area contributed by atoms with Gasteiger partial charge in [0.1, 0.15) is 5.01 Å². The van der Waals surface area contributed by atoms with Crippen LogP contribution in [0.2, 0.25) is 0 Å². The van der Waals surface area contributed by atoms with Gasteiger partial charge in [-0.2, -0.15) is 0 Å². The molecule has 1 aromatic heterocycles. The first-order chi connectivity index (χ1) is 10.5. The fraction of sp³-hybridized carbons (Fsp3) is 0.400. The third-order valence-corrected chi connectivity index (χ3v) is 3.58. The predicted octanol–water partition coefficient (Wildman–Crippen LogP) is 2.96. The van der Waals surface area contributed by atoms with Gasteiger partial charge in [-0.3, -0.25) is 10.1 Å². The molecule has 1 N–H and O–H groups in total. The highest BCUT2D eigenvalue weighted by molar-refractivity contribution is 7.15. The number of hydrogen-bond acceptors (Lipinski definition) is 6. The van der Waals surface area contributed by atoms with Gasteiger partial charge in [-0.15, -0.1) is 10.2 Å². The molecule has 0 unspecified atom stereocenters. The number of amides is 1. The molecule has 1 aromatic carbocycles. The van der Waals surface area contributed by atoms with Crippen LogP contribution >= 0.6 is 11.3 Å².